The summed E-state index contributed by atoms with van der Waals surface area (Å²) in [6.45, 7) is 0. The van der Waals surface area contributed by atoms with E-state index in [0.717, 1.165) is 6.42 Å². The van der Waals surface area contributed by atoms with Crippen molar-refractivity contribution in [1.29, 1.82) is 0 Å². The summed E-state index contributed by atoms with van der Waals surface area (Å²) < 4.78 is 0. The zero-order valence-electron chi connectivity index (χ0n) is 12.4. The molecule has 1 aromatic rings. The van der Waals surface area contributed by atoms with E-state index >= 15 is 0 Å². The van der Waals surface area contributed by atoms with E-state index in [0.29, 0.717) is 23.2 Å². The van der Waals surface area contributed by atoms with Gasteiger partial charge in [-0.1, -0.05) is 18.9 Å². The van der Waals surface area contributed by atoms with Crippen molar-refractivity contribution in [2.24, 2.45) is 11.7 Å². The van der Waals surface area contributed by atoms with Gasteiger partial charge in [0.15, 0.2) is 0 Å². The number of carbonyl (C=O) groups is 2. The maximum Gasteiger partial charge on any atom is 0.248 e. The van der Waals surface area contributed by atoms with Gasteiger partial charge in [0.1, 0.15) is 0 Å². The molecule has 4 N–H and O–H groups in total. The molecule has 0 bridgehead atoms. The largest absolute Gasteiger partial charge is 0.366 e. The Hall–Kier alpha value is -1.59. The SMILES string of the molecule is Cl.NC(=O)c1cccc(NC(=O)C2CC3CCCCC3N2)c1. The molecule has 22 heavy (non-hydrogen) atoms. The van der Waals surface area contributed by atoms with Crippen LogP contribution in [-0.2, 0) is 4.79 Å². The van der Waals surface area contributed by atoms with Gasteiger partial charge in [-0.2, -0.15) is 0 Å². The molecule has 5 nitrogen and oxygen atoms in total. The van der Waals surface area contributed by atoms with E-state index in [-0.39, 0.29) is 24.4 Å². The highest BCUT2D eigenvalue weighted by Gasteiger charge is 2.38. The number of nitrogens with two attached hydrogens (primary N) is 1. The molecular formula is C16H22ClN3O2. The normalized spacial score (nSPS) is 26.6. The van der Waals surface area contributed by atoms with Gasteiger partial charge in [0, 0.05) is 17.3 Å². The number of rotatable bonds is 3. The van der Waals surface area contributed by atoms with Crippen molar-refractivity contribution in [3.05, 3.63) is 29.8 Å². The van der Waals surface area contributed by atoms with Crippen molar-refractivity contribution in [2.45, 2.75) is 44.2 Å². The molecule has 1 aromatic carbocycles. The van der Waals surface area contributed by atoms with Crippen LogP contribution in [0.25, 0.3) is 0 Å². The van der Waals surface area contributed by atoms with Crippen molar-refractivity contribution in [3.63, 3.8) is 0 Å². The molecule has 0 radical (unpaired) electrons. The number of nitrogens with one attached hydrogen (secondary N) is 2. The van der Waals surface area contributed by atoms with Gasteiger partial charge in [-0.3, -0.25) is 9.59 Å². The van der Waals surface area contributed by atoms with Crippen LogP contribution >= 0.6 is 12.4 Å². The van der Waals surface area contributed by atoms with Crippen LogP contribution in [0.3, 0.4) is 0 Å². The Kier molecular flexibility index (Phi) is 5.42. The fourth-order valence-electron chi connectivity index (χ4n) is 3.50. The number of primary amides is 1. The average molecular weight is 324 g/mol. The second kappa shape index (κ2) is 7.11. The molecule has 2 amide bonds. The third-order valence-corrected chi connectivity index (χ3v) is 4.59. The molecule has 3 unspecified atom stereocenters. The lowest BCUT2D eigenvalue weighted by molar-refractivity contribution is -0.117. The smallest absolute Gasteiger partial charge is 0.248 e. The summed E-state index contributed by atoms with van der Waals surface area (Å²) >= 11 is 0. The summed E-state index contributed by atoms with van der Waals surface area (Å²) in [5, 5.41) is 6.33. The molecule has 3 atom stereocenters. The zero-order valence-corrected chi connectivity index (χ0v) is 13.2. The topological polar surface area (TPSA) is 84.2 Å². The first-order valence-electron chi connectivity index (χ1n) is 7.60. The van der Waals surface area contributed by atoms with Gasteiger partial charge < -0.3 is 16.4 Å². The first kappa shape index (κ1) is 16.8. The Bertz CT molecular complexity index is 550. The first-order chi connectivity index (χ1) is 10.1. The Morgan fingerprint density at radius 3 is 2.73 bits per heavy atom. The van der Waals surface area contributed by atoms with Gasteiger partial charge in [-0.25, -0.2) is 0 Å². The number of hydrogen-bond acceptors (Lipinski definition) is 3. The van der Waals surface area contributed by atoms with Crippen LogP contribution in [0.15, 0.2) is 24.3 Å². The Morgan fingerprint density at radius 2 is 2.00 bits per heavy atom. The van der Waals surface area contributed by atoms with Crippen LogP contribution in [0, 0.1) is 5.92 Å². The Labute approximate surface area is 136 Å². The lowest BCUT2D eigenvalue weighted by atomic mass is 9.85. The summed E-state index contributed by atoms with van der Waals surface area (Å²) in [5.41, 5.74) is 6.27. The maximum absolute atomic E-state index is 12.3. The number of hydrogen-bond donors (Lipinski definition) is 3. The molecule has 1 aliphatic carbocycles. The van der Waals surface area contributed by atoms with E-state index in [2.05, 4.69) is 10.6 Å². The van der Waals surface area contributed by atoms with Gasteiger partial charge in [-0.15, -0.1) is 12.4 Å². The third-order valence-electron chi connectivity index (χ3n) is 4.59. The fourth-order valence-corrected chi connectivity index (χ4v) is 3.50. The lowest BCUT2D eigenvalue weighted by Crippen LogP contribution is -2.39. The molecular weight excluding hydrogens is 302 g/mol. The number of benzene rings is 1. The van der Waals surface area contributed by atoms with Crippen molar-refractivity contribution in [2.75, 3.05) is 5.32 Å². The Morgan fingerprint density at radius 1 is 1.23 bits per heavy atom. The molecule has 1 aliphatic heterocycles. The minimum Gasteiger partial charge on any atom is -0.366 e. The second-order valence-electron chi connectivity index (χ2n) is 6.04. The number of amides is 2. The minimum atomic E-state index is -0.490. The molecule has 120 valence electrons. The molecule has 0 aromatic heterocycles. The van der Waals surface area contributed by atoms with Crippen molar-refractivity contribution in [1.82, 2.24) is 5.32 Å². The van der Waals surface area contributed by atoms with Gasteiger partial charge >= 0.3 is 0 Å². The van der Waals surface area contributed by atoms with E-state index in [4.69, 9.17) is 5.73 Å². The predicted octanol–water partition coefficient (Wildman–Crippen LogP) is 2.07. The van der Waals surface area contributed by atoms with E-state index in [1.165, 1.54) is 25.7 Å². The molecule has 6 heteroatoms. The van der Waals surface area contributed by atoms with Crippen LogP contribution in [0.4, 0.5) is 5.69 Å². The third kappa shape index (κ3) is 3.59. The Balaban J connectivity index is 0.00000176. The first-order valence-corrected chi connectivity index (χ1v) is 7.60. The number of anilines is 1. The maximum atomic E-state index is 12.3. The van der Waals surface area contributed by atoms with Crippen LogP contribution in [-0.4, -0.2) is 23.9 Å². The molecule has 2 aliphatic rings. The summed E-state index contributed by atoms with van der Waals surface area (Å²) in [4.78, 5) is 23.5. The highest BCUT2D eigenvalue weighted by Crippen LogP contribution is 2.33. The highest BCUT2D eigenvalue weighted by molar-refractivity contribution is 5.98. The van der Waals surface area contributed by atoms with Crippen molar-refractivity contribution >= 4 is 29.9 Å². The number of fused-ring (bicyclic) bond motifs is 1. The monoisotopic (exact) mass is 323 g/mol. The molecule has 1 saturated carbocycles. The summed E-state index contributed by atoms with van der Waals surface area (Å²) in [6.07, 6.45) is 5.83. The summed E-state index contributed by atoms with van der Waals surface area (Å²) in [5.74, 6) is 0.119. The van der Waals surface area contributed by atoms with Crippen LogP contribution in [0.1, 0.15) is 42.5 Å². The van der Waals surface area contributed by atoms with E-state index in [1.54, 1.807) is 24.3 Å². The number of carbonyl (C=O) groups excluding carboxylic acids is 2. The summed E-state index contributed by atoms with van der Waals surface area (Å²) in [7, 11) is 0. The molecule has 2 fully saturated rings. The molecule has 0 spiro atoms. The quantitative estimate of drug-likeness (QED) is 0.796. The van der Waals surface area contributed by atoms with Gasteiger partial charge in [0.05, 0.1) is 6.04 Å². The molecule has 3 rings (SSSR count). The highest BCUT2D eigenvalue weighted by atomic mass is 35.5. The van der Waals surface area contributed by atoms with Gasteiger partial charge in [0.2, 0.25) is 11.8 Å². The zero-order chi connectivity index (χ0) is 14.8. The van der Waals surface area contributed by atoms with E-state index < -0.39 is 5.91 Å². The molecule has 1 heterocycles. The second-order valence-corrected chi connectivity index (χ2v) is 6.04. The lowest BCUT2D eigenvalue weighted by Gasteiger charge is -2.24. The minimum absolute atomic E-state index is 0. The van der Waals surface area contributed by atoms with Crippen molar-refractivity contribution in [3.8, 4) is 0 Å². The van der Waals surface area contributed by atoms with Crippen LogP contribution in [0.2, 0.25) is 0 Å². The standard InChI is InChI=1S/C16H21N3O2.ClH/c17-15(20)11-5-3-6-12(8-11)18-16(21)14-9-10-4-1-2-7-13(10)19-14;/h3,5-6,8,10,13-14,19H,1-2,4,7,9H2,(H2,17,20)(H,18,21);1H. The van der Waals surface area contributed by atoms with Crippen LogP contribution in [0.5, 0.6) is 0 Å². The average Bonchev–Trinajstić information content (AvgIpc) is 2.91. The van der Waals surface area contributed by atoms with Crippen molar-refractivity contribution < 1.29 is 9.59 Å². The molecule has 1 saturated heterocycles. The predicted molar refractivity (Wildman–Crippen MR) is 88.1 cm³/mol. The summed E-state index contributed by atoms with van der Waals surface area (Å²) in [6, 6.07) is 7.11. The van der Waals surface area contributed by atoms with E-state index in [9.17, 15) is 9.59 Å². The van der Waals surface area contributed by atoms with Crippen LogP contribution < -0.4 is 16.4 Å². The van der Waals surface area contributed by atoms with Gasteiger partial charge in [0.25, 0.3) is 0 Å². The van der Waals surface area contributed by atoms with E-state index in [1.807, 2.05) is 0 Å². The number of halogens is 1. The van der Waals surface area contributed by atoms with Gasteiger partial charge in [-0.05, 0) is 43.4 Å². The fraction of sp³-hybridized carbons (Fsp3) is 0.500.